The summed E-state index contributed by atoms with van der Waals surface area (Å²) in [6.45, 7) is 4.39. The summed E-state index contributed by atoms with van der Waals surface area (Å²) >= 11 is 5.24. The third-order valence-corrected chi connectivity index (χ3v) is 4.83. The summed E-state index contributed by atoms with van der Waals surface area (Å²) in [4.78, 5) is 6.91. The second-order valence-electron chi connectivity index (χ2n) is 4.58. The molecular weight excluding hydrogens is 284 g/mol. The number of hydrogen-bond acceptors (Lipinski definition) is 3. The minimum Gasteiger partial charge on any atom is -0.298 e. The lowest BCUT2D eigenvalue weighted by Gasteiger charge is -2.30. The zero-order chi connectivity index (χ0) is 11.9. The first-order valence-corrected chi connectivity index (χ1v) is 6.76. The van der Waals surface area contributed by atoms with Crippen molar-refractivity contribution in [3.63, 3.8) is 0 Å². The fourth-order valence-electron chi connectivity index (χ4n) is 1.35. The van der Waals surface area contributed by atoms with E-state index in [0.717, 1.165) is 15.0 Å². The third-order valence-electron chi connectivity index (χ3n) is 2.99. The molecule has 2 nitrogen and oxygen atoms in total. The summed E-state index contributed by atoms with van der Waals surface area (Å²) in [5.74, 6) is 0. The minimum absolute atomic E-state index is 0.0177. The smallest absolute Gasteiger partial charge is 0.114 e. The van der Waals surface area contributed by atoms with Crippen molar-refractivity contribution in [3.05, 3.63) is 27.7 Å². The molecule has 0 N–H and O–H groups in total. The van der Waals surface area contributed by atoms with Crippen LogP contribution in [-0.2, 0) is 5.54 Å². The summed E-state index contributed by atoms with van der Waals surface area (Å²) in [5, 5.41) is 1.16. The summed E-state index contributed by atoms with van der Waals surface area (Å²) in [7, 11) is 4.17. The average Bonchev–Trinajstić information content (AvgIpc) is 2.60. The maximum Gasteiger partial charge on any atom is 0.114 e. The molecule has 0 aliphatic heterocycles. The van der Waals surface area contributed by atoms with Gasteiger partial charge in [0.05, 0.1) is 15.8 Å². The molecule has 1 aromatic carbocycles. The lowest BCUT2D eigenvalue weighted by atomic mass is 10.1. The van der Waals surface area contributed by atoms with E-state index in [1.54, 1.807) is 11.3 Å². The predicted molar refractivity (Wildman–Crippen MR) is 74.0 cm³/mol. The van der Waals surface area contributed by atoms with Crippen molar-refractivity contribution in [1.82, 2.24) is 9.88 Å². The number of hydrogen-bond donors (Lipinski definition) is 0. The molecule has 0 radical (unpaired) electrons. The lowest BCUT2D eigenvalue weighted by molar-refractivity contribution is 0.197. The SMILES string of the molecule is CN(C)C(C)(C)c1nc2cc(Br)ccc2s1. The average molecular weight is 299 g/mol. The van der Waals surface area contributed by atoms with Gasteiger partial charge in [-0.2, -0.15) is 0 Å². The second kappa shape index (κ2) is 4.09. The standard InChI is InChI=1S/C12H15BrN2S/c1-12(2,15(3)4)11-14-9-7-8(13)5-6-10(9)16-11/h5-7H,1-4H3. The molecule has 0 fully saturated rings. The number of fused-ring (bicyclic) bond motifs is 1. The van der Waals surface area contributed by atoms with Crippen molar-refractivity contribution in [2.24, 2.45) is 0 Å². The van der Waals surface area contributed by atoms with Crippen LogP contribution in [0, 0.1) is 0 Å². The molecular formula is C12H15BrN2S. The minimum atomic E-state index is -0.0177. The zero-order valence-electron chi connectivity index (χ0n) is 9.91. The maximum atomic E-state index is 4.71. The third kappa shape index (κ3) is 2.01. The predicted octanol–water partition coefficient (Wildman–Crippen LogP) is 3.86. The number of thiazole rings is 1. The van der Waals surface area contributed by atoms with Crippen LogP contribution in [0.3, 0.4) is 0 Å². The van der Waals surface area contributed by atoms with Crippen LogP contribution in [-0.4, -0.2) is 24.0 Å². The Balaban J connectivity index is 2.55. The van der Waals surface area contributed by atoms with Crippen LogP contribution < -0.4 is 0 Å². The molecule has 0 spiro atoms. The van der Waals surface area contributed by atoms with Gasteiger partial charge in [0.15, 0.2) is 0 Å². The van der Waals surface area contributed by atoms with Crippen molar-refractivity contribution in [3.8, 4) is 0 Å². The van der Waals surface area contributed by atoms with E-state index >= 15 is 0 Å². The fraction of sp³-hybridized carbons (Fsp3) is 0.417. The first kappa shape index (κ1) is 12.0. The Hall–Kier alpha value is -0.450. The Morgan fingerprint density at radius 2 is 2.00 bits per heavy atom. The lowest BCUT2D eigenvalue weighted by Crippen LogP contribution is -2.35. The molecule has 86 valence electrons. The molecule has 2 rings (SSSR count). The normalized spacial score (nSPS) is 12.6. The molecule has 2 aromatic rings. The van der Waals surface area contributed by atoms with Crippen LogP contribution in [0.15, 0.2) is 22.7 Å². The highest BCUT2D eigenvalue weighted by Crippen LogP contribution is 2.33. The highest BCUT2D eigenvalue weighted by atomic mass is 79.9. The Labute approximate surface area is 108 Å². The molecule has 1 aromatic heterocycles. The topological polar surface area (TPSA) is 16.1 Å². The molecule has 4 heteroatoms. The second-order valence-corrected chi connectivity index (χ2v) is 6.53. The Kier molecular flexibility index (Phi) is 3.07. The quantitative estimate of drug-likeness (QED) is 0.837. The number of aromatic nitrogens is 1. The molecule has 0 amide bonds. The zero-order valence-corrected chi connectivity index (χ0v) is 12.3. The van der Waals surface area contributed by atoms with Crippen molar-refractivity contribution in [2.75, 3.05) is 14.1 Å². The fourth-order valence-corrected chi connectivity index (χ4v) is 2.83. The molecule has 0 unspecified atom stereocenters. The van der Waals surface area contributed by atoms with Crippen LogP contribution in [0.25, 0.3) is 10.2 Å². The molecule has 0 aliphatic carbocycles. The van der Waals surface area contributed by atoms with Gasteiger partial charge in [0.25, 0.3) is 0 Å². The highest BCUT2D eigenvalue weighted by molar-refractivity contribution is 9.10. The van der Waals surface area contributed by atoms with Crippen LogP contribution in [0.1, 0.15) is 18.9 Å². The van der Waals surface area contributed by atoms with Gasteiger partial charge in [0.1, 0.15) is 5.01 Å². The van der Waals surface area contributed by atoms with E-state index in [1.807, 2.05) is 0 Å². The number of benzene rings is 1. The van der Waals surface area contributed by atoms with E-state index in [2.05, 4.69) is 67.0 Å². The van der Waals surface area contributed by atoms with Crippen molar-refractivity contribution < 1.29 is 0 Å². The van der Waals surface area contributed by atoms with E-state index in [-0.39, 0.29) is 5.54 Å². The largest absolute Gasteiger partial charge is 0.298 e. The van der Waals surface area contributed by atoms with Crippen molar-refractivity contribution in [1.29, 1.82) is 0 Å². The van der Waals surface area contributed by atoms with Crippen LogP contribution in [0.2, 0.25) is 0 Å². The van der Waals surface area contributed by atoms with Gasteiger partial charge in [-0.1, -0.05) is 15.9 Å². The monoisotopic (exact) mass is 298 g/mol. The molecule has 0 bridgehead atoms. The summed E-state index contributed by atoms with van der Waals surface area (Å²) in [6, 6.07) is 6.25. The van der Waals surface area contributed by atoms with Crippen LogP contribution in [0.4, 0.5) is 0 Å². The molecule has 0 atom stereocenters. The number of nitrogens with zero attached hydrogens (tertiary/aromatic N) is 2. The number of halogens is 1. The Morgan fingerprint density at radius 1 is 1.31 bits per heavy atom. The molecule has 1 heterocycles. The molecule has 0 saturated carbocycles. The van der Waals surface area contributed by atoms with E-state index < -0.39 is 0 Å². The van der Waals surface area contributed by atoms with Gasteiger partial charge in [-0.15, -0.1) is 11.3 Å². The summed E-state index contributed by atoms with van der Waals surface area (Å²) < 4.78 is 2.33. The maximum absolute atomic E-state index is 4.71. The van der Waals surface area contributed by atoms with Crippen molar-refractivity contribution >= 4 is 37.5 Å². The number of rotatable bonds is 2. The van der Waals surface area contributed by atoms with Gasteiger partial charge in [-0.25, -0.2) is 4.98 Å². The highest BCUT2D eigenvalue weighted by Gasteiger charge is 2.26. The molecule has 16 heavy (non-hydrogen) atoms. The van der Waals surface area contributed by atoms with E-state index in [0.29, 0.717) is 0 Å². The van der Waals surface area contributed by atoms with Gasteiger partial charge in [-0.05, 0) is 46.1 Å². The van der Waals surface area contributed by atoms with E-state index in [9.17, 15) is 0 Å². The summed E-state index contributed by atoms with van der Waals surface area (Å²) in [5.41, 5.74) is 1.06. The molecule has 0 saturated heterocycles. The Bertz CT molecular complexity index is 517. The molecule has 0 aliphatic rings. The van der Waals surface area contributed by atoms with E-state index in [4.69, 9.17) is 4.98 Å². The van der Waals surface area contributed by atoms with Gasteiger partial charge in [0, 0.05) is 4.47 Å². The van der Waals surface area contributed by atoms with Gasteiger partial charge in [-0.3, -0.25) is 4.90 Å². The van der Waals surface area contributed by atoms with Gasteiger partial charge in [0.2, 0.25) is 0 Å². The van der Waals surface area contributed by atoms with Crippen LogP contribution in [0.5, 0.6) is 0 Å². The van der Waals surface area contributed by atoms with E-state index in [1.165, 1.54) is 4.70 Å². The van der Waals surface area contributed by atoms with Gasteiger partial charge < -0.3 is 0 Å². The Morgan fingerprint density at radius 3 is 2.62 bits per heavy atom. The van der Waals surface area contributed by atoms with Gasteiger partial charge >= 0.3 is 0 Å². The first-order valence-electron chi connectivity index (χ1n) is 5.15. The summed E-state index contributed by atoms with van der Waals surface area (Å²) in [6.07, 6.45) is 0. The van der Waals surface area contributed by atoms with Crippen LogP contribution >= 0.6 is 27.3 Å². The first-order chi connectivity index (χ1) is 7.41. The van der Waals surface area contributed by atoms with Crippen molar-refractivity contribution in [2.45, 2.75) is 19.4 Å².